The number of para-hydroxylation sites is 1. The predicted octanol–water partition coefficient (Wildman–Crippen LogP) is 1.98. The molecular weight excluding hydrogens is 195 g/mol. The molecule has 1 aromatic heterocycles. The molecule has 0 aliphatic carbocycles. The number of halogens is 1. The molecule has 0 unspecified atom stereocenters. The molecular formula is C11H9FN2O. The molecule has 1 aliphatic heterocycles. The third kappa shape index (κ3) is 1.08. The van der Waals surface area contributed by atoms with Gasteiger partial charge in [-0.15, -0.1) is 0 Å². The van der Waals surface area contributed by atoms with Crippen molar-refractivity contribution < 1.29 is 9.28 Å². The van der Waals surface area contributed by atoms with Crippen LogP contribution in [0.2, 0.25) is 0 Å². The van der Waals surface area contributed by atoms with E-state index < -0.39 is 5.91 Å². The summed E-state index contributed by atoms with van der Waals surface area (Å²) < 4.78 is 14.9. The Morgan fingerprint density at radius 3 is 2.87 bits per heavy atom. The van der Waals surface area contributed by atoms with E-state index >= 15 is 0 Å². The van der Waals surface area contributed by atoms with Crippen LogP contribution >= 0.6 is 0 Å². The fourth-order valence-corrected chi connectivity index (χ4v) is 2.04. The Bertz CT molecular complexity index is 547. The van der Waals surface area contributed by atoms with Crippen LogP contribution in [0, 0.1) is 0 Å². The van der Waals surface area contributed by atoms with Crippen molar-refractivity contribution in [2.75, 3.05) is 6.54 Å². The number of benzene rings is 1. The van der Waals surface area contributed by atoms with Crippen molar-refractivity contribution in [2.24, 2.45) is 0 Å². The molecule has 2 aromatic rings. The van der Waals surface area contributed by atoms with E-state index in [1.807, 2.05) is 28.8 Å². The van der Waals surface area contributed by atoms with Gasteiger partial charge in [-0.05, 0) is 12.1 Å². The van der Waals surface area contributed by atoms with Gasteiger partial charge in [-0.2, -0.15) is 5.12 Å². The van der Waals surface area contributed by atoms with Gasteiger partial charge in [-0.1, -0.05) is 22.7 Å². The van der Waals surface area contributed by atoms with E-state index in [-0.39, 0.29) is 11.7 Å². The molecule has 0 saturated heterocycles. The summed E-state index contributed by atoms with van der Waals surface area (Å²) in [6.45, 7) is 0.648. The topological polar surface area (TPSA) is 25.2 Å². The van der Waals surface area contributed by atoms with Crippen LogP contribution in [0.5, 0.6) is 0 Å². The Balaban J connectivity index is 2.31. The van der Waals surface area contributed by atoms with Crippen LogP contribution < -0.4 is 0 Å². The molecule has 0 radical (unpaired) electrons. The first-order chi connectivity index (χ1) is 7.27. The van der Waals surface area contributed by atoms with E-state index in [1.54, 1.807) is 6.07 Å². The van der Waals surface area contributed by atoms with E-state index in [0.717, 1.165) is 10.9 Å². The summed E-state index contributed by atoms with van der Waals surface area (Å²) in [7, 11) is 0. The molecule has 0 bridgehead atoms. The molecule has 0 saturated carbocycles. The van der Waals surface area contributed by atoms with Gasteiger partial charge in [0.2, 0.25) is 0 Å². The molecule has 2 heterocycles. The molecule has 0 fully saturated rings. The van der Waals surface area contributed by atoms with Crippen molar-refractivity contribution in [2.45, 2.75) is 6.54 Å². The minimum absolute atomic E-state index is 0.129. The van der Waals surface area contributed by atoms with Crippen molar-refractivity contribution in [3.8, 4) is 0 Å². The number of hydrogen-bond donors (Lipinski definition) is 0. The zero-order chi connectivity index (χ0) is 10.4. The Labute approximate surface area is 85.6 Å². The number of fused-ring (bicyclic) bond motifs is 3. The van der Waals surface area contributed by atoms with Crippen molar-refractivity contribution in [3.05, 3.63) is 36.0 Å². The zero-order valence-corrected chi connectivity index (χ0v) is 7.98. The molecule has 3 rings (SSSR count). The number of nitrogens with zero attached hydrogens (tertiary/aromatic N) is 2. The van der Waals surface area contributed by atoms with Crippen LogP contribution in [0.15, 0.2) is 30.3 Å². The Hall–Kier alpha value is -1.84. The third-order valence-electron chi connectivity index (χ3n) is 2.77. The third-order valence-corrected chi connectivity index (χ3v) is 2.77. The molecule has 15 heavy (non-hydrogen) atoms. The molecule has 0 N–H and O–H groups in total. The van der Waals surface area contributed by atoms with Crippen LogP contribution in [0.3, 0.4) is 0 Å². The maximum absolute atomic E-state index is 13.1. The lowest BCUT2D eigenvalue weighted by atomic mass is 10.2. The molecule has 1 amide bonds. The van der Waals surface area contributed by atoms with Gasteiger partial charge in [0.1, 0.15) is 5.69 Å². The average Bonchev–Trinajstić information content (AvgIpc) is 2.63. The van der Waals surface area contributed by atoms with Gasteiger partial charge in [0.25, 0.3) is 5.91 Å². The first-order valence-corrected chi connectivity index (χ1v) is 4.83. The van der Waals surface area contributed by atoms with Gasteiger partial charge in [0, 0.05) is 17.4 Å². The van der Waals surface area contributed by atoms with Crippen LogP contribution in [0.25, 0.3) is 10.9 Å². The van der Waals surface area contributed by atoms with Gasteiger partial charge in [0.05, 0.1) is 6.54 Å². The van der Waals surface area contributed by atoms with E-state index in [9.17, 15) is 9.28 Å². The highest BCUT2D eigenvalue weighted by molar-refractivity contribution is 5.98. The second kappa shape index (κ2) is 2.82. The second-order valence-corrected chi connectivity index (χ2v) is 3.63. The van der Waals surface area contributed by atoms with Gasteiger partial charge in [-0.3, -0.25) is 4.79 Å². The lowest BCUT2D eigenvalue weighted by Gasteiger charge is -2.20. The largest absolute Gasteiger partial charge is 0.335 e. The molecule has 1 aromatic carbocycles. The van der Waals surface area contributed by atoms with Gasteiger partial charge in [-0.25, -0.2) is 0 Å². The summed E-state index contributed by atoms with van der Waals surface area (Å²) in [5.74, 6) is -0.544. The molecule has 1 aliphatic rings. The monoisotopic (exact) mass is 204 g/mol. The van der Waals surface area contributed by atoms with Crippen molar-refractivity contribution in [1.82, 2.24) is 9.69 Å². The number of carbonyl (C=O) groups is 1. The van der Waals surface area contributed by atoms with Gasteiger partial charge in [0.15, 0.2) is 0 Å². The van der Waals surface area contributed by atoms with E-state index in [1.165, 1.54) is 0 Å². The van der Waals surface area contributed by atoms with Crippen LogP contribution in [0.1, 0.15) is 10.5 Å². The minimum Gasteiger partial charge on any atom is -0.335 e. The van der Waals surface area contributed by atoms with Crippen LogP contribution in [-0.2, 0) is 6.54 Å². The molecule has 4 heteroatoms. The number of amides is 1. The summed E-state index contributed by atoms with van der Waals surface area (Å²) in [6, 6.07) is 9.44. The number of rotatable bonds is 0. The summed E-state index contributed by atoms with van der Waals surface area (Å²) in [4.78, 5) is 11.5. The second-order valence-electron chi connectivity index (χ2n) is 3.63. The van der Waals surface area contributed by atoms with E-state index in [4.69, 9.17) is 0 Å². The summed E-state index contributed by atoms with van der Waals surface area (Å²) in [6.07, 6.45) is 0. The number of carbonyl (C=O) groups excluding carboxylic acids is 1. The van der Waals surface area contributed by atoms with E-state index in [2.05, 4.69) is 0 Å². The molecule has 76 valence electrons. The predicted molar refractivity (Wildman–Crippen MR) is 54.1 cm³/mol. The highest BCUT2D eigenvalue weighted by Gasteiger charge is 2.25. The Kier molecular flexibility index (Phi) is 1.59. The van der Waals surface area contributed by atoms with Crippen LogP contribution in [-0.4, -0.2) is 22.1 Å². The quantitative estimate of drug-likeness (QED) is 0.602. The fraction of sp³-hybridized carbons (Fsp3) is 0.182. The Morgan fingerprint density at radius 1 is 1.20 bits per heavy atom. The standard InChI is InChI=1S/C11H9FN2O/c12-14-6-5-13-9-4-2-1-3-8(9)7-10(13)11(14)15/h1-4,7H,5-6H2. The zero-order valence-electron chi connectivity index (χ0n) is 7.98. The van der Waals surface area contributed by atoms with Gasteiger partial charge < -0.3 is 4.57 Å². The fourth-order valence-electron chi connectivity index (χ4n) is 2.04. The lowest BCUT2D eigenvalue weighted by Crippen LogP contribution is -2.34. The van der Waals surface area contributed by atoms with Gasteiger partial charge >= 0.3 is 0 Å². The highest BCUT2D eigenvalue weighted by atomic mass is 19.2. The average molecular weight is 204 g/mol. The smallest absolute Gasteiger partial charge is 0.298 e. The maximum atomic E-state index is 13.1. The first kappa shape index (κ1) is 8.47. The van der Waals surface area contributed by atoms with Crippen molar-refractivity contribution in [3.63, 3.8) is 0 Å². The van der Waals surface area contributed by atoms with E-state index in [0.29, 0.717) is 12.2 Å². The molecule has 3 nitrogen and oxygen atoms in total. The Morgan fingerprint density at radius 2 is 2.00 bits per heavy atom. The highest BCUT2D eigenvalue weighted by Crippen LogP contribution is 2.23. The summed E-state index contributed by atoms with van der Waals surface area (Å²) in [5, 5.41) is 1.25. The minimum atomic E-state index is -0.544. The lowest BCUT2D eigenvalue weighted by molar-refractivity contribution is 0.0111. The maximum Gasteiger partial charge on any atom is 0.298 e. The van der Waals surface area contributed by atoms with Crippen LogP contribution in [0.4, 0.5) is 4.48 Å². The van der Waals surface area contributed by atoms with Crippen molar-refractivity contribution in [1.29, 1.82) is 0 Å². The SMILES string of the molecule is O=C1c2cc3ccccc3n2CCN1F. The number of hydrogen-bond acceptors (Lipinski definition) is 1. The summed E-state index contributed by atoms with van der Waals surface area (Å²) in [5.41, 5.74) is 1.43. The number of aromatic nitrogens is 1. The molecule has 0 spiro atoms. The molecule has 0 atom stereocenters. The first-order valence-electron chi connectivity index (χ1n) is 4.83. The normalized spacial score (nSPS) is 15.8. The van der Waals surface area contributed by atoms with Crippen molar-refractivity contribution >= 4 is 16.8 Å². The summed E-state index contributed by atoms with van der Waals surface area (Å²) >= 11 is 0.